The Bertz CT molecular complexity index is 1400. The minimum atomic E-state index is -3.97. The molecule has 1 amide bonds. The highest BCUT2D eigenvalue weighted by Crippen LogP contribution is 2.27. The second-order valence-electron chi connectivity index (χ2n) is 7.70. The molecular weight excluding hydrogens is 554 g/mol. The average Bonchev–Trinajstić information content (AvgIpc) is 3.39. The molecule has 0 spiro atoms. The highest BCUT2D eigenvalue weighted by Gasteiger charge is 2.36. The van der Waals surface area contributed by atoms with Crippen molar-refractivity contribution < 1.29 is 26.0 Å². The van der Waals surface area contributed by atoms with Crippen molar-refractivity contribution in [2.45, 2.75) is 29.0 Å². The summed E-state index contributed by atoms with van der Waals surface area (Å²) in [5, 5.41) is 0.120. The zero-order chi connectivity index (χ0) is 23.8. The van der Waals surface area contributed by atoms with Crippen molar-refractivity contribution in [1.82, 2.24) is 4.90 Å². The van der Waals surface area contributed by atoms with E-state index in [0.29, 0.717) is 11.4 Å². The summed E-state index contributed by atoms with van der Waals surface area (Å²) in [5.41, 5.74) is 0.717. The van der Waals surface area contributed by atoms with Gasteiger partial charge in [-0.05, 0) is 60.5 Å². The number of hydrogen-bond acceptors (Lipinski definition) is 6. The van der Waals surface area contributed by atoms with Gasteiger partial charge in [-0.25, -0.2) is 16.8 Å². The van der Waals surface area contributed by atoms with Crippen LogP contribution < -0.4 is 0 Å². The van der Waals surface area contributed by atoms with E-state index >= 15 is 0 Å². The van der Waals surface area contributed by atoms with Gasteiger partial charge in [0.1, 0.15) is 0 Å². The number of rotatable bonds is 6. The molecule has 0 saturated carbocycles. The van der Waals surface area contributed by atoms with Crippen molar-refractivity contribution in [2.75, 3.05) is 11.5 Å². The van der Waals surface area contributed by atoms with Gasteiger partial charge in [0.2, 0.25) is 14.9 Å². The van der Waals surface area contributed by atoms with Crippen LogP contribution in [0.15, 0.2) is 79.5 Å². The van der Waals surface area contributed by atoms with Crippen LogP contribution in [-0.4, -0.2) is 45.2 Å². The van der Waals surface area contributed by atoms with Crippen LogP contribution in [0.5, 0.6) is 0 Å². The minimum absolute atomic E-state index is 0.0155. The van der Waals surface area contributed by atoms with Crippen LogP contribution in [0.4, 0.5) is 0 Å². The van der Waals surface area contributed by atoms with Gasteiger partial charge < -0.3 is 9.32 Å². The Morgan fingerprint density at radius 2 is 1.85 bits per heavy atom. The van der Waals surface area contributed by atoms with Crippen LogP contribution in [-0.2, 0) is 26.2 Å². The molecule has 0 radical (unpaired) electrons. The lowest BCUT2D eigenvalue weighted by Crippen LogP contribution is -2.40. The summed E-state index contributed by atoms with van der Waals surface area (Å²) < 4.78 is 56.1. The molecule has 11 heteroatoms. The molecule has 2 heterocycles. The molecule has 1 saturated heterocycles. The van der Waals surface area contributed by atoms with Crippen LogP contribution in [0, 0.1) is 0 Å². The molecule has 174 valence electrons. The van der Waals surface area contributed by atoms with Gasteiger partial charge in [0.15, 0.2) is 15.6 Å². The van der Waals surface area contributed by atoms with E-state index < -0.39 is 31.6 Å². The third-order valence-corrected chi connectivity index (χ3v) is 9.49. The lowest BCUT2D eigenvalue weighted by atomic mass is 10.1. The first-order valence-corrected chi connectivity index (χ1v) is 14.4. The maximum absolute atomic E-state index is 13.4. The van der Waals surface area contributed by atoms with Gasteiger partial charge in [-0.3, -0.25) is 4.79 Å². The summed E-state index contributed by atoms with van der Waals surface area (Å²) >= 11 is 9.32. The third-order valence-electron chi connectivity index (χ3n) is 5.33. The van der Waals surface area contributed by atoms with Crippen LogP contribution >= 0.6 is 27.5 Å². The topological polar surface area (TPSA) is 102 Å². The molecular formula is C22H19BrClNO6S2. The van der Waals surface area contributed by atoms with E-state index in [0.717, 1.165) is 10.0 Å². The summed E-state index contributed by atoms with van der Waals surface area (Å²) in [4.78, 5) is 14.8. The zero-order valence-corrected chi connectivity index (χ0v) is 21.1. The average molecular weight is 573 g/mol. The second kappa shape index (κ2) is 9.25. The normalized spacial score (nSPS) is 17.7. The van der Waals surface area contributed by atoms with Crippen molar-refractivity contribution in [1.29, 1.82) is 0 Å². The quantitative estimate of drug-likeness (QED) is 0.435. The molecule has 0 unspecified atom stereocenters. The summed E-state index contributed by atoms with van der Waals surface area (Å²) in [6, 6.07) is 14.9. The third kappa shape index (κ3) is 5.34. The molecule has 0 N–H and O–H groups in total. The van der Waals surface area contributed by atoms with Gasteiger partial charge >= 0.3 is 0 Å². The lowest BCUT2D eigenvalue weighted by Gasteiger charge is -2.27. The Labute approximate surface area is 205 Å². The highest BCUT2D eigenvalue weighted by atomic mass is 79.9. The summed E-state index contributed by atoms with van der Waals surface area (Å²) in [5.74, 6) is -0.950. The van der Waals surface area contributed by atoms with Gasteiger partial charge in [0.05, 0.1) is 16.4 Å². The standard InChI is InChI=1S/C22H19BrClNO6S2/c23-16-4-6-19(7-5-16)33(29,30)21-9-8-20(31-21)22(26)25(18-10-11-32(27,28)14-18)13-15-2-1-3-17(24)12-15/h1-9,12,18H,10-11,13-14H2/t18-/m0/s1. The fourth-order valence-corrected chi connectivity index (χ4v) is 7.05. The Morgan fingerprint density at radius 1 is 1.12 bits per heavy atom. The minimum Gasteiger partial charge on any atom is -0.439 e. The van der Waals surface area contributed by atoms with Crippen molar-refractivity contribution in [3.63, 3.8) is 0 Å². The number of furan rings is 1. The van der Waals surface area contributed by atoms with Crippen LogP contribution in [0.2, 0.25) is 5.02 Å². The van der Waals surface area contributed by atoms with E-state index in [-0.39, 0.29) is 33.8 Å². The molecule has 2 aromatic carbocycles. The zero-order valence-electron chi connectivity index (χ0n) is 17.1. The maximum Gasteiger partial charge on any atom is 0.290 e. The van der Waals surface area contributed by atoms with Gasteiger partial charge in [-0.15, -0.1) is 0 Å². The number of hydrogen-bond donors (Lipinski definition) is 0. The van der Waals surface area contributed by atoms with Crippen LogP contribution in [0.3, 0.4) is 0 Å². The van der Waals surface area contributed by atoms with Crippen LogP contribution in [0.1, 0.15) is 22.5 Å². The molecule has 4 rings (SSSR count). The lowest BCUT2D eigenvalue weighted by molar-refractivity contribution is 0.0642. The Hall–Kier alpha value is -2.14. The van der Waals surface area contributed by atoms with Crippen molar-refractivity contribution in [3.05, 3.63) is 81.5 Å². The van der Waals surface area contributed by atoms with E-state index in [2.05, 4.69) is 15.9 Å². The number of carbonyl (C=O) groups excluding carboxylic acids is 1. The number of nitrogens with zero attached hydrogens (tertiary/aromatic N) is 1. The van der Waals surface area contributed by atoms with E-state index in [1.807, 2.05) is 0 Å². The predicted molar refractivity (Wildman–Crippen MR) is 127 cm³/mol. The van der Waals surface area contributed by atoms with Crippen molar-refractivity contribution in [2.24, 2.45) is 0 Å². The van der Waals surface area contributed by atoms with Crippen molar-refractivity contribution in [3.8, 4) is 0 Å². The largest absolute Gasteiger partial charge is 0.439 e. The SMILES string of the molecule is O=C(c1ccc(S(=O)(=O)c2ccc(Br)cc2)o1)N(Cc1cccc(Cl)c1)[C@H]1CCS(=O)(=O)C1. The Morgan fingerprint density at radius 3 is 2.48 bits per heavy atom. The molecule has 1 aliphatic heterocycles. The van der Waals surface area contributed by atoms with Gasteiger partial charge in [-0.2, -0.15) is 0 Å². The molecule has 3 aromatic rings. The van der Waals surface area contributed by atoms with Gasteiger partial charge in [0, 0.05) is 22.1 Å². The summed E-state index contributed by atoms with van der Waals surface area (Å²) in [6.07, 6.45) is 0.291. The Balaban J connectivity index is 1.65. The first-order valence-electron chi connectivity index (χ1n) is 9.91. The smallest absolute Gasteiger partial charge is 0.290 e. The van der Waals surface area contributed by atoms with Gasteiger partial charge in [0.25, 0.3) is 5.91 Å². The van der Waals surface area contributed by atoms with E-state index in [4.69, 9.17) is 16.0 Å². The number of benzene rings is 2. The molecule has 7 nitrogen and oxygen atoms in total. The molecule has 1 atom stereocenters. The van der Waals surface area contributed by atoms with E-state index in [1.165, 1.54) is 29.2 Å². The van der Waals surface area contributed by atoms with Crippen LogP contribution in [0.25, 0.3) is 0 Å². The fraction of sp³-hybridized carbons (Fsp3) is 0.227. The molecule has 0 bridgehead atoms. The summed E-state index contributed by atoms with van der Waals surface area (Å²) in [7, 11) is -7.23. The number of carbonyl (C=O) groups is 1. The number of amides is 1. The molecule has 0 aliphatic carbocycles. The van der Waals surface area contributed by atoms with E-state index in [9.17, 15) is 21.6 Å². The predicted octanol–water partition coefficient (Wildman–Crippen LogP) is 4.36. The van der Waals surface area contributed by atoms with Crippen molar-refractivity contribution >= 4 is 53.1 Å². The number of halogens is 2. The molecule has 1 aromatic heterocycles. The monoisotopic (exact) mass is 571 g/mol. The molecule has 33 heavy (non-hydrogen) atoms. The van der Waals surface area contributed by atoms with E-state index in [1.54, 1.807) is 36.4 Å². The number of sulfone groups is 2. The summed E-state index contributed by atoms with van der Waals surface area (Å²) in [6.45, 7) is 0.106. The molecule has 1 fully saturated rings. The molecule has 1 aliphatic rings. The first kappa shape index (κ1) is 24.0. The highest BCUT2D eigenvalue weighted by molar-refractivity contribution is 9.10. The van der Waals surface area contributed by atoms with Gasteiger partial charge in [-0.1, -0.05) is 39.7 Å². The fourth-order valence-electron chi connectivity index (χ4n) is 3.67. The maximum atomic E-state index is 13.4. The first-order chi connectivity index (χ1) is 15.5. The second-order valence-corrected chi connectivity index (χ2v) is 13.2. The Kier molecular flexibility index (Phi) is 6.73.